The first-order valence-electron chi connectivity index (χ1n) is 10.2. The number of carbonyl (C=O) groups is 2. The van der Waals surface area contributed by atoms with Crippen LogP contribution in [0.1, 0.15) is 53.9 Å². The van der Waals surface area contributed by atoms with Crippen LogP contribution >= 0.6 is 11.8 Å². The summed E-state index contributed by atoms with van der Waals surface area (Å²) < 4.78 is 0. The Morgan fingerprint density at radius 3 is 2.63 bits per heavy atom. The highest BCUT2D eigenvalue weighted by atomic mass is 32.2. The van der Waals surface area contributed by atoms with Crippen molar-refractivity contribution in [2.45, 2.75) is 65.3 Å². The van der Waals surface area contributed by atoms with Crippen LogP contribution in [0.5, 0.6) is 0 Å². The van der Waals surface area contributed by atoms with E-state index in [1.807, 2.05) is 0 Å². The fourth-order valence-electron chi connectivity index (χ4n) is 5.77. The summed E-state index contributed by atoms with van der Waals surface area (Å²) in [6.45, 7) is 11.6. The molecular formula is C21H32N2O3S. The van der Waals surface area contributed by atoms with Crippen LogP contribution in [0, 0.1) is 28.6 Å². The second kappa shape index (κ2) is 6.16. The van der Waals surface area contributed by atoms with Crippen molar-refractivity contribution >= 4 is 23.6 Å². The number of aliphatic hydroxyl groups excluding tert-OH is 1. The summed E-state index contributed by atoms with van der Waals surface area (Å²) in [7, 11) is 0. The van der Waals surface area contributed by atoms with E-state index in [0.29, 0.717) is 29.5 Å². The lowest BCUT2D eigenvalue weighted by molar-refractivity contribution is -0.131. The summed E-state index contributed by atoms with van der Waals surface area (Å²) in [5.74, 6) is 1.86. The molecule has 27 heavy (non-hydrogen) atoms. The second-order valence-electron chi connectivity index (χ2n) is 10.4. The minimum Gasteiger partial charge on any atom is -0.509 e. The quantitative estimate of drug-likeness (QED) is 0.723. The van der Waals surface area contributed by atoms with E-state index in [0.717, 1.165) is 12.3 Å². The Bertz CT molecular complexity index is 707. The van der Waals surface area contributed by atoms with E-state index in [2.05, 4.69) is 39.9 Å². The molecule has 150 valence electrons. The number of thioether (sulfide) groups is 1. The van der Waals surface area contributed by atoms with Gasteiger partial charge in [0.05, 0.1) is 5.37 Å². The van der Waals surface area contributed by atoms with Crippen LogP contribution < -0.4 is 5.32 Å². The Morgan fingerprint density at radius 2 is 2.04 bits per heavy atom. The van der Waals surface area contributed by atoms with Gasteiger partial charge in [0.25, 0.3) is 11.8 Å². The van der Waals surface area contributed by atoms with E-state index in [9.17, 15) is 14.7 Å². The summed E-state index contributed by atoms with van der Waals surface area (Å²) in [6.07, 6.45) is 3.65. The molecular weight excluding hydrogens is 360 g/mol. The van der Waals surface area contributed by atoms with Gasteiger partial charge in [0.2, 0.25) is 0 Å². The highest BCUT2D eigenvalue weighted by Gasteiger charge is 2.55. The van der Waals surface area contributed by atoms with Gasteiger partial charge in [-0.1, -0.05) is 34.6 Å². The molecule has 2 N–H and O–H groups in total. The standard InChI is InChI=1S/C21H32N2O3S/c1-20(2,3)19-23-14(10-27-19)16(24)15(18(23)26)17(25)22-9-11-6-7-12-8-13(11)21(12,4)5/h11-14,19,24H,6-10H2,1-5H3,(H,22,25)/t11?,12?,13?,14-,19-/m1/s1. The van der Waals surface area contributed by atoms with Gasteiger partial charge in [0.15, 0.2) is 0 Å². The Hall–Kier alpha value is -1.17. The maximum absolute atomic E-state index is 13.0. The Labute approximate surface area is 166 Å². The zero-order chi connectivity index (χ0) is 19.7. The lowest BCUT2D eigenvalue weighted by Crippen LogP contribution is -2.54. The maximum atomic E-state index is 13.0. The molecule has 5 rings (SSSR count). The molecule has 5 atom stereocenters. The molecule has 0 aromatic carbocycles. The van der Waals surface area contributed by atoms with Crippen LogP contribution in [0.3, 0.4) is 0 Å². The number of carbonyl (C=O) groups excluding carboxylic acids is 2. The third-order valence-corrected chi connectivity index (χ3v) is 9.27. The van der Waals surface area contributed by atoms with Crippen molar-refractivity contribution in [1.82, 2.24) is 10.2 Å². The van der Waals surface area contributed by atoms with E-state index in [1.165, 1.54) is 12.8 Å². The number of nitrogens with one attached hydrogen (secondary N) is 1. The topological polar surface area (TPSA) is 69.6 Å². The van der Waals surface area contributed by atoms with Gasteiger partial charge in [0, 0.05) is 12.3 Å². The van der Waals surface area contributed by atoms with Crippen LogP contribution in [0.4, 0.5) is 0 Å². The predicted molar refractivity (Wildman–Crippen MR) is 107 cm³/mol. The first kappa shape index (κ1) is 19.2. The number of hydrogen-bond acceptors (Lipinski definition) is 4. The smallest absolute Gasteiger partial charge is 0.264 e. The molecule has 2 bridgehead atoms. The number of aliphatic hydroxyl groups is 1. The first-order valence-corrected chi connectivity index (χ1v) is 11.2. The number of fused-ring (bicyclic) bond motifs is 3. The van der Waals surface area contributed by atoms with Crippen LogP contribution in [-0.2, 0) is 9.59 Å². The number of nitrogens with zero attached hydrogens (tertiary/aromatic N) is 1. The zero-order valence-corrected chi connectivity index (χ0v) is 17.9. The molecule has 4 fully saturated rings. The third kappa shape index (κ3) is 2.81. The highest BCUT2D eigenvalue weighted by molar-refractivity contribution is 8.00. The monoisotopic (exact) mass is 392 g/mol. The molecule has 2 amide bonds. The number of hydrogen-bond donors (Lipinski definition) is 2. The maximum Gasteiger partial charge on any atom is 0.264 e. The largest absolute Gasteiger partial charge is 0.509 e. The molecule has 3 saturated carbocycles. The Balaban J connectivity index is 1.43. The predicted octanol–water partition coefficient (Wildman–Crippen LogP) is 3.32. The van der Waals surface area contributed by atoms with Gasteiger partial charge in [-0.2, -0.15) is 0 Å². The van der Waals surface area contributed by atoms with Crippen LogP contribution in [0.15, 0.2) is 11.3 Å². The fraction of sp³-hybridized carbons (Fsp3) is 0.810. The summed E-state index contributed by atoms with van der Waals surface area (Å²) >= 11 is 1.68. The summed E-state index contributed by atoms with van der Waals surface area (Å²) in [6, 6.07) is -0.353. The minimum absolute atomic E-state index is 0.0199. The van der Waals surface area contributed by atoms with E-state index >= 15 is 0 Å². The Morgan fingerprint density at radius 1 is 1.33 bits per heavy atom. The molecule has 5 nitrogen and oxygen atoms in total. The molecule has 0 aromatic heterocycles. The van der Waals surface area contributed by atoms with Gasteiger partial charge in [-0.25, -0.2) is 0 Å². The van der Waals surface area contributed by atoms with E-state index in [4.69, 9.17) is 0 Å². The normalized spacial score (nSPS) is 37.3. The average Bonchev–Trinajstić information content (AvgIpc) is 3.13. The van der Waals surface area contributed by atoms with Gasteiger partial charge in [-0.15, -0.1) is 11.8 Å². The van der Waals surface area contributed by atoms with E-state index in [1.54, 1.807) is 16.7 Å². The van der Waals surface area contributed by atoms with Crippen molar-refractivity contribution in [2.75, 3.05) is 12.3 Å². The molecule has 3 aliphatic carbocycles. The second-order valence-corrected chi connectivity index (χ2v) is 11.6. The highest BCUT2D eigenvalue weighted by Crippen LogP contribution is 2.61. The molecule has 6 heteroatoms. The van der Waals surface area contributed by atoms with Crippen LogP contribution in [-0.4, -0.2) is 45.5 Å². The molecule has 0 spiro atoms. The van der Waals surface area contributed by atoms with Gasteiger partial charge in [0.1, 0.15) is 17.4 Å². The summed E-state index contributed by atoms with van der Waals surface area (Å²) in [5, 5.41) is 13.6. The van der Waals surface area contributed by atoms with Crippen molar-refractivity contribution in [3.63, 3.8) is 0 Å². The van der Waals surface area contributed by atoms with Gasteiger partial charge in [-0.3, -0.25) is 9.59 Å². The van der Waals surface area contributed by atoms with E-state index in [-0.39, 0.29) is 34.1 Å². The number of rotatable bonds is 3. The van der Waals surface area contributed by atoms with Crippen molar-refractivity contribution in [1.29, 1.82) is 0 Å². The minimum atomic E-state index is -0.399. The lowest BCUT2D eigenvalue weighted by Gasteiger charge is -2.60. The van der Waals surface area contributed by atoms with E-state index < -0.39 is 5.91 Å². The molecule has 2 heterocycles. The third-order valence-electron chi connectivity index (χ3n) is 7.51. The molecule has 3 unspecified atom stereocenters. The first-order chi connectivity index (χ1) is 12.5. The molecule has 0 aromatic rings. The van der Waals surface area contributed by atoms with Gasteiger partial charge < -0.3 is 15.3 Å². The molecule has 0 radical (unpaired) electrons. The summed E-state index contributed by atoms with van der Waals surface area (Å²) in [5.41, 5.74) is 0.240. The van der Waals surface area contributed by atoms with Crippen molar-refractivity contribution in [3.8, 4) is 0 Å². The van der Waals surface area contributed by atoms with Crippen LogP contribution in [0.2, 0.25) is 0 Å². The Kier molecular flexibility index (Phi) is 4.37. The summed E-state index contributed by atoms with van der Waals surface area (Å²) in [4.78, 5) is 27.5. The van der Waals surface area contributed by atoms with Crippen molar-refractivity contribution < 1.29 is 14.7 Å². The average molecular weight is 393 g/mol. The van der Waals surface area contributed by atoms with Crippen molar-refractivity contribution in [3.05, 3.63) is 11.3 Å². The lowest BCUT2D eigenvalue weighted by atomic mass is 9.45. The fourth-order valence-corrected chi connectivity index (χ4v) is 7.36. The molecule has 1 saturated heterocycles. The SMILES string of the molecule is CC1(C)C2CCC(CNC(=O)C3=C(O)[C@H]4CS[C@H](C(C)(C)C)N4C3=O)C1C2. The van der Waals surface area contributed by atoms with Crippen molar-refractivity contribution in [2.24, 2.45) is 28.6 Å². The molecule has 5 aliphatic rings. The van der Waals surface area contributed by atoms with Gasteiger partial charge in [-0.05, 0) is 47.8 Å². The zero-order valence-electron chi connectivity index (χ0n) is 17.0. The molecule has 2 aliphatic heterocycles. The van der Waals surface area contributed by atoms with Crippen LogP contribution in [0.25, 0.3) is 0 Å². The van der Waals surface area contributed by atoms with Gasteiger partial charge >= 0.3 is 0 Å². The number of amides is 2.